The van der Waals surface area contributed by atoms with Crippen molar-refractivity contribution in [2.75, 3.05) is 19.0 Å². The molecule has 0 bridgehead atoms. The highest BCUT2D eigenvalue weighted by atomic mass is 16.2. The summed E-state index contributed by atoms with van der Waals surface area (Å²) in [7, 11) is 3.93. The maximum atomic E-state index is 12.3. The van der Waals surface area contributed by atoms with E-state index in [2.05, 4.69) is 15.5 Å². The van der Waals surface area contributed by atoms with Crippen molar-refractivity contribution in [1.82, 2.24) is 15.0 Å². The van der Waals surface area contributed by atoms with Crippen LogP contribution < -0.4 is 15.9 Å². The van der Waals surface area contributed by atoms with Gasteiger partial charge in [-0.2, -0.15) is 5.10 Å². The Balaban J connectivity index is 1.64. The van der Waals surface area contributed by atoms with Crippen molar-refractivity contribution in [1.29, 1.82) is 0 Å². The first kappa shape index (κ1) is 17.3. The largest absolute Gasteiger partial charge is 0.378 e. The van der Waals surface area contributed by atoms with Gasteiger partial charge in [0.2, 0.25) is 0 Å². The molecule has 0 saturated heterocycles. The summed E-state index contributed by atoms with van der Waals surface area (Å²) < 4.78 is 1.26. The van der Waals surface area contributed by atoms with Crippen LogP contribution in [0.2, 0.25) is 0 Å². The van der Waals surface area contributed by atoms with Gasteiger partial charge in [0.15, 0.2) is 0 Å². The molecule has 0 spiro atoms. The third-order valence-corrected chi connectivity index (χ3v) is 3.86. The van der Waals surface area contributed by atoms with Gasteiger partial charge in [-0.3, -0.25) is 14.2 Å². The van der Waals surface area contributed by atoms with Crippen LogP contribution in [0.5, 0.6) is 0 Å². The molecular weight excluding hydrogens is 330 g/mol. The molecule has 1 aromatic heterocycles. The SMILES string of the molecule is CN(C)c1ccc(/C=N/NC(=O)Cn2cnc3ccccc3c2=O)cc1. The molecule has 0 radical (unpaired) electrons. The second-order valence-electron chi connectivity index (χ2n) is 5.97. The predicted octanol–water partition coefficient (Wildman–Crippen LogP) is 1.61. The van der Waals surface area contributed by atoms with E-state index in [0.717, 1.165) is 11.3 Å². The molecule has 7 nitrogen and oxygen atoms in total. The molecular formula is C19H19N5O2. The first-order chi connectivity index (χ1) is 12.5. The maximum Gasteiger partial charge on any atom is 0.261 e. The third kappa shape index (κ3) is 3.94. The molecule has 0 fully saturated rings. The van der Waals surface area contributed by atoms with Crippen molar-refractivity contribution in [3.05, 3.63) is 70.8 Å². The lowest BCUT2D eigenvalue weighted by molar-refractivity contribution is -0.121. The number of nitrogens with zero attached hydrogens (tertiary/aromatic N) is 4. The molecule has 3 aromatic rings. The van der Waals surface area contributed by atoms with E-state index in [4.69, 9.17) is 0 Å². The van der Waals surface area contributed by atoms with Gasteiger partial charge in [0.1, 0.15) is 6.54 Å². The van der Waals surface area contributed by atoms with Crippen LogP contribution in [-0.2, 0) is 11.3 Å². The lowest BCUT2D eigenvalue weighted by Gasteiger charge is -2.11. The fourth-order valence-corrected chi connectivity index (χ4v) is 2.45. The lowest BCUT2D eigenvalue weighted by atomic mass is 10.2. The van der Waals surface area contributed by atoms with Crippen LogP contribution in [0.15, 0.2) is 64.8 Å². The van der Waals surface area contributed by atoms with Crippen LogP contribution in [-0.4, -0.2) is 35.8 Å². The van der Waals surface area contributed by atoms with E-state index < -0.39 is 5.91 Å². The summed E-state index contributed by atoms with van der Waals surface area (Å²) in [6.07, 6.45) is 2.92. The number of hydrazone groups is 1. The van der Waals surface area contributed by atoms with Gasteiger partial charge in [-0.1, -0.05) is 24.3 Å². The summed E-state index contributed by atoms with van der Waals surface area (Å²) in [5.74, 6) is -0.398. The van der Waals surface area contributed by atoms with E-state index >= 15 is 0 Å². The Labute approximate surface area is 150 Å². The Morgan fingerprint density at radius 2 is 1.92 bits per heavy atom. The van der Waals surface area contributed by atoms with E-state index in [1.807, 2.05) is 49.3 Å². The smallest absolute Gasteiger partial charge is 0.261 e. The molecule has 0 aliphatic rings. The number of amides is 1. The molecule has 0 saturated carbocycles. The highest BCUT2D eigenvalue weighted by molar-refractivity contribution is 5.83. The standard InChI is InChI=1S/C19H19N5O2/c1-23(2)15-9-7-14(8-10-15)11-21-22-18(25)12-24-13-20-17-6-4-3-5-16(17)19(24)26/h3-11,13H,12H2,1-2H3,(H,22,25)/b21-11+. The number of hydrogen-bond acceptors (Lipinski definition) is 5. The minimum absolute atomic E-state index is 0.145. The Kier molecular flexibility index (Phi) is 5.07. The van der Waals surface area contributed by atoms with E-state index in [0.29, 0.717) is 10.9 Å². The number of para-hydroxylation sites is 1. The summed E-state index contributed by atoms with van der Waals surface area (Å²) in [5, 5.41) is 4.41. The fourth-order valence-electron chi connectivity index (χ4n) is 2.45. The second-order valence-corrected chi connectivity index (χ2v) is 5.97. The van der Waals surface area contributed by atoms with E-state index in [1.54, 1.807) is 24.4 Å². The van der Waals surface area contributed by atoms with Crippen molar-refractivity contribution in [3.8, 4) is 0 Å². The zero-order valence-electron chi connectivity index (χ0n) is 14.6. The molecule has 7 heteroatoms. The van der Waals surface area contributed by atoms with E-state index in [1.165, 1.54) is 10.9 Å². The summed E-state index contributed by atoms with van der Waals surface area (Å²) in [4.78, 5) is 30.5. The van der Waals surface area contributed by atoms with Gasteiger partial charge in [-0.05, 0) is 29.8 Å². The number of nitrogens with one attached hydrogen (secondary N) is 1. The van der Waals surface area contributed by atoms with Crippen LogP contribution in [0.3, 0.4) is 0 Å². The third-order valence-electron chi connectivity index (χ3n) is 3.86. The average molecular weight is 349 g/mol. The number of carbonyl (C=O) groups excluding carboxylic acids is 1. The molecule has 132 valence electrons. The molecule has 1 N–H and O–H groups in total. The molecule has 0 aliphatic carbocycles. The van der Waals surface area contributed by atoms with Gasteiger partial charge in [0.25, 0.3) is 11.5 Å². The van der Waals surface area contributed by atoms with Crippen LogP contribution in [0.25, 0.3) is 10.9 Å². The van der Waals surface area contributed by atoms with Crippen molar-refractivity contribution in [3.63, 3.8) is 0 Å². The molecule has 3 rings (SSSR count). The van der Waals surface area contributed by atoms with Gasteiger partial charge in [-0.25, -0.2) is 10.4 Å². The monoisotopic (exact) mass is 349 g/mol. The van der Waals surface area contributed by atoms with Gasteiger partial charge < -0.3 is 4.90 Å². The number of benzene rings is 2. The minimum Gasteiger partial charge on any atom is -0.378 e. The van der Waals surface area contributed by atoms with Crippen LogP contribution in [0, 0.1) is 0 Å². The van der Waals surface area contributed by atoms with Crippen molar-refractivity contribution in [2.45, 2.75) is 6.54 Å². The minimum atomic E-state index is -0.398. The molecule has 0 unspecified atom stereocenters. The summed E-state index contributed by atoms with van der Waals surface area (Å²) in [6, 6.07) is 14.8. The lowest BCUT2D eigenvalue weighted by Crippen LogP contribution is -2.30. The number of aromatic nitrogens is 2. The van der Waals surface area contributed by atoms with E-state index in [9.17, 15) is 9.59 Å². The predicted molar refractivity (Wildman–Crippen MR) is 103 cm³/mol. The Hall–Kier alpha value is -3.48. The van der Waals surface area contributed by atoms with Crippen LogP contribution in [0.1, 0.15) is 5.56 Å². The summed E-state index contributed by atoms with van der Waals surface area (Å²) in [6.45, 7) is -0.145. The molecule has 2 aromatic carbocycles. The van der Waals surface area contributed by atoms with Crippen LogP contribution in [0.4, 0.5) is 5.69 Å². The Bertz CT molecular complexity index is 1010. The van der Waals surface area contributed by atoms with Crippen molar-refractivity contribution >= 4 is 28.7 Å². The maximum absolute atomic E-state index is 12.3. The fraction of sp³-hybridized carbons (Fsp3) is 0.158. The highest BCUT2D eigenvalue weighted by Gasteiger charge is 2.07. The Morgan fingerprint density at radius 1 is 1.19 bits per heavy atom. The number of hydrogen-bond donors (Lipinski definition) is 1. The van der Waals surface area contributed by atoms with Gasteiger partial charge in [0, 0.05) is 19.8 Å². The number of rotatable bonds is 5. The Morgan fingerprint density at radius 3 is 2.65 bits per heavy atom. The molecule has 0 atom stereocenters. The molecule has 1 heterocycles. The summed E-state index contributed by atoms with van der Waals surface area (Å²) in [5.41, 5.74) is 4.71. The first-order valence-corrected chi connectivity index (χ1v) is 8.08. The summed E-state index contributed by atoms with van der Waals surface area (Å²) >= 11 is 0. The molecule has 1 amide bonds. The van der Waals surface area contributed by atoms with Crippen LogP contribution >= 0.6 is 0 Å². The van der Waals surface area contributed by atoms with Gasteiger partial charge >= 0.3 is 0 Å². The first-order valence-electron chi connectivity index (χ1n) is 8.08. The average Bonchev–Trinajstić information content (AvgIpc) is 2.65. The van der Waals surface area contributed by atoms with Crippen molar-refractivity contribution in [2.24, 2.45) is 5.10 Å². The van der Waals surface area contributed by atoms with E-state index in [-0.39, 0.29) is 12.1 Å². The quantitative estimate of drug-likeness (QED) is 0.561. The zero-order chi connectivity index (χ0) is 18.5. The number of carbonyl (C=O) groups is 1. The van der Waals surface area contributed by atoms with Gasteiger partial charge in [0.05, 0.1) is 23.4 Å². The number of anilines is 1. The zero-order valence-corrected chi connectivity index (χ0v) is 14.6. The van der Waals surface area contributed by atoms with Crippen molar-refractivity contribution < 1.29 is 4.79 Å². The topological polar surface area (TPSA) is 79.6 Å². The molecule has 0 aliphatic heterocycles. The van der Waals surface area contributed by atoms with Gasteiger partial charge in [-0.15, -0.1) is 0 Å². The second kappa shape index (κ2) is 7.60. The highest BCUT2D eigenvalue weighted by Crippen LogP contribution is 2.10. The molecule has 26 heavy (non-hydrogen) atoms. The normalized spacial score (nSPS) is 11.0. The number of fused-ring (bicyclic) bond motifs is 1.